The number of ether oxygens (including phenoxy) is 2. The van der Waals surface area contributed by atoms with E-state index in [4.69, 9.17) is 9.47 Å². The second-order valence-electron chi connectivity index (χ2n) is 5.80. The highest BCUT2D eigenvalue weighted by Crippen LogP contribution is 2.28. The van der Waals surface area contributed by atoms with Crippen LogP contribution >= 0.6 is 11.3 Å². The van der Waals surface area contributed by atoms with Crippen LogP contribution in [-0.2, 0) is 11.2 Å². The van der Waals surface area contributed by atoms with Crippen LogP contribution in [0.25, 0.3) is 0 Å². The fraction of sp³-hybridized carbons (Fsp3) is 0.421. The van der Waals surface area contributed by atoms with Gasteiger partial charge in [-0.3, -0.25) is 9.59 Å². The van der Waals surface area contributed by atoms with Crippen LogP contribution in [0.15, 0.2) is 18.2 Å². The highest BCUT2D eigenvalue weighted by Gasteiger charge is 2.11. The average molecular weight is 376 g/mol. The van der Waals surface area contributed by atoms with Crippen LogP contribution in [0.2, 0.25) is 0 Å². The first-order valence-corrected chi connectivity index (χ1v) is 9.34. The van der Waals surface area contributed by atoms with E-state index in [-0.39, 0.29) is 11.7 Å². The number of ketones is 1. The van der Waals surface area contributed by atoms with Crippen LogP contribution in [-0.4, -0.2) is 30.4 Å². The molecule has 0 atom stereocenters. The Labute approximate surface area is 157 Å². The van der Waals surface area contributed by atoms with Crippen molar-refractivity contribution >= 4 is 28.2 Å². The molecule has 6 nitrogen and oxygen atoms in total. The van der Waals surface area contributed by atoms with Gasteiger partial charge in [-0.25, -0.2) is 4.98 Å². The first-order chi connectivity index (χ1) is 12.4. The predicted molar refractivity (Wildman–Crippen MR) is 103 cm³/mol. The number of aryl methyl sites for hydroxylation is 2. The Bertz CT molecular complexity index is 786. The van der Waals surface area contributed by atoms with E-state index in [1.807, 2.05) is 13.8 Å². The number of anilines is 1. The van der Waals surface area contributed by atoms with Crippen LogP contribution in [0.1, 0.15) is 47.6 Å². The molecule has 140 valence electrons. The summed E-state index contributed by atoms with van der Waals surface area (Å²) in [5, 5.41) is 3.47. The van der Waals surface area contributed by atoms with Crippen LogP contribution in [0.4, 0.5) is 5.13 Å². The molecule has 2 rings (SSSR count). The normalized spacial score (nSPS) is 10.5. The molecule has 0 unspecified atom stereocenters. The molecule has 1 aromatic carbocycles. The van der Waals surface area contributed by atoms with Gasteiger partial charge in [-0.2, -0.15) is 0 Å². The number of thiazole rings is 1. The van der Waals surface area contributed by atoms with Crippen molar-refractivity contribution in [2.45, 2.75) is 40.0 Å². The number of nitrogens with zero attached hydrogens (tertiary/aromatic N) is 1. The minimum atomic E-state index is -0.0797. The van der Waals surface area contributed by atoms with Crippen molar-refractivity contribution in [3.63, 3.8) is 0 Å². The number of hydrogen-bond donors (Lipinski definition) is 1. The number of rotatable bonds is 9. The number of hydrogen-bond acceptors (Lipinski definition) is 6. The van der Waals surface area contributed by atoms with Crippen molar-refractivity contribution in [3.05, 3.63) is 34.3 Å². The Morgan fingerprint density at radius 1 is 1.27 bits per heavy atom. The summed E-state index contributed by atoms with van der Waals surface area (Å²) in [6.07, 6.45) is 1.76. The molecule has 1 aromatic heterocycles. The summed E-state index contributed by atoms with van der Waals surface area (Å²) >= 11 is 1.49. The number of carbonyl (C=O) groups is 2. The third-order valence-corrected chi connectivity index (χ3v) is 4.78. The van der Waals surface area contributed by atoms with Crippen molar-refractivity contribution < 1.29 is 19.1 Å². The van der Waals surface area contributed by atoms with Gasteiger partial charge in [0.1, 0.15) is 0 Å². The molecule has 1 heterocycles. The molecule has 1 amide bonds. The molecule has 0 aliphatic heterocycles. The summed E-state index contributed by atoms with van der Waals surface area (Å²) in [5.41, 5.74) is 1.59. The minimum Gasteiger partial charge on any atom is -0.493 e. The monoisotopic (exact) mass is 376 g/mol. The lowest BCUT2D eigenvalue weighted by molar-refractivity contribution is -0.116. The summed E-state index contributed by atoms with van der Waals surface area (Å²) in [4.78, 5) is 29.0. The second-order valence-corrected chi connectivity index (χ2v) is 7.00. The highest BCUT2D eigenvalue weighted by atomic mass is 32.1. The van der Waals surface area contributed by atoms with E-state index < -0.39 is 0 Å². The van der Waals surface area contributed by atoms with E-state index in [0.29, 0.717) is 41.6 Å². The minimum absolute atomic E-state index is 0.0322. The molecule has 0 aliphatic rings. The number of methoxy groups -OCH3 is 1. The highest BCUT2D eigenvalue weighted by molar-refractivity contribution is 7.15. The zero-order valence-corrected chi connectivity index (χ0v) is 16.4. The van der Waals surface area contributed by atoms with Gasteiger partial charge in [-0.15, -0.1) is 11.3 Å². The number of aromatic nitrogens is 1. The summed E-state index contributed by atoms with van der Waals surface area (Å²) in [6.45, 7) is 5.93. The van der Waals surface area contributed by atoms with Gasteiger partial charge >= 0.3 is 0 Å². The maximum atomic E-state index is 12.0. The molecule has 0 radical (unpaired) electrons. The van der Waals surface area contributed by atoms with Crippen LogP contribution in [0.3, 0.4) is 0 Å². The summed E-state index contributed by atoms with van der Waals surface area (Å²) in [7, 11) is 1.53. The average Bonchev–Trinajstić information content (AvgIpc) is 2.97. The van der Waals surface area contributed by atoms with E-state index in [1.165, 1.54) is 25.4 Å². The molecular weight excluding hydrogens is 352 g/mol. The van der Waals surface area contributed by atoms with Crippen molar-refractivity contribution in [2.75, 3.05) is 19.0 Å². The zero-order chi connectivity index (χ0) is 19.1. The van der Waals surface area contributed by atoms with Crippen LogP contribution in [0.5, 0.6) is 11.5 Å². The molecule has 0 bridgehead atoms. The number of Topliss-reactive ketones (excluding diaryl/α,β-unsaturated/α-hetero) is 1. The van der Waals surface area contributed by atoms with Gasteiger partial charge in [-0.1, -0.05) is 6.92 Å². The summed E-state index contributed by atoms with van der Waals surface area (Å²) in [5.74, 6) is 0.952. The number of benzene rings is 1. The molecule has 0 spiro atoms. The fourth-order valence-corrected chi connectivity index (χ4v) is 3.33. The zero-order valence-electron chi connectivity index (χ0n) is 15.5. The molecule has 7 heteroatoms. The fourth-order valence-electron chi connectivity index (χ4n) is 2.41. The van der Waals surface area contributed by atoms with Crippen molar-refractivity contribution in [2.24, 2.45) is 0 Å². The number of nitrogens with one attached hydrogen (secondary N) is 1. The Balaban J connectivity index is 1.81. The van der Waals surface area contributed by atoms with Crippen molar-refractivity contribution in [1.82, 2.24) is 4.98 Å². The Morgan fingerprint density at radius 2 is 2.04 bits per heavy atom. The van der Waals surface area contributed by atoms with Crippen LogP contribution in [0, 0.1) is 6.92 Å². The van der Waals surface area contributed by atoms with E-state index in [9.17, 15) is 9.59 Å². The van der Waals surface area contributed by atoms with E-state index in [0.717, 1.165) is 17.0 Å². The van der Waals surface area contributed by atoms with Crippen molar-refractivity contribution in [1.29, 1.82) is 0 Å². The van der Waals surface area contributed by atoms with Crippen molar-refractivity contribution in [3.8, 4) is 11.5 Å². The van der Waals surface area contributed by atoms with Gasteiger partial charge in [-0.05, 0) is 44.9 Å². The number of carbonyl (C=O) groups excluding carboxylic acids is 2. The lowest BCUT2D eigenvalue weighted by Gasteiger charge is -2.11. The van der Waals surface area contributed by atoms with Gasteiger partial charge in [0, 0.05) is 16.9 Å². The first-order valence-electron chi connectivity index (χ1n) is 8.52. The SMILES string of the molecule is CCc1nc(NC(=O)CCCOc2ccc(C(C)=O)cc2OC)sc1C. The third kappa shape index (κ3) is 5.29. The first kappa shape index (κ1) is 19.9. The molecule has 2 aromatic rings. The van der Waals surface area contributed by atoms with E-state index in [1.54, 1.807) is 18.2 Å². The number of amides is 1. The molecule has 0 saturated carbocycles. The second kappa shape index (κ2) is 9.33. The topological polar surface area (TPSA) is 77.5 Å². The van der Waals surface area contributed by atoms with Gasteiger partial charge in [0.15, 0.2) is 22.4 Å². The van der Waals surface area contributed by atoms with Gasteiger partial charge in [0.25, 0.3) is 0 Å². The Kier molecular flexibility index (Phi) is 7.15. The molecule has 0 saturated heterocycles. The maximum absolute atomic E-state index is 12.0. The van der Waals surface area contributed by atoms with Crippen LogP contribution < -0.4 is 14.8 Å². The summed E-state index contributed by atoms with van der Waals surface area (Å²) < 4.78 is 10.9. The quantitative estimate of drug-likeness (QED) is 0.528. The van der Waals surface area contributed by atoms with Gasteiger partial charge < -0.3 is 14.8 Å². The Hall–Kier alpha value is -2.41. The maximum Gasteiger partial charge on any atom is 0.226 e. The summed E-state index contributed by atoms with van der Waals surface area (Å²) in [6, 6.07) is 5.06. The smallest absolute Gasteiger partial charge is 0.226 e. The van der Waals surface area contributed by atoms with E-state index in [2.05, 4.69) is 10.3 Å². The molecule has 0 fully saturated rings. The van der Waals surface area contributed by atoms with Gasteiger partial charge in [0.05, 0.1) is 19.4 Å². The molecule has 1 N–H and O–H groups in total. The van der Waals surface area contributed by atoms with Gasteiger partial charge in [0.2, 0.25) is 5.91 Å². The van der Waals surface area contributed by atoms with E-state index >= 15 is 0 Å². The Morgan fingerprint density at radius 3 is 2.65 bits per heavy atom. The lowest BCUT2D eigenvalue weighted by atomic mass is 10.1. The standard InChI is InChI=1S/C19H24N2O4S/c1-5-15-13(3)26-19(20-15)21-18(23)7-6-10-25-16-9-8-14(12(2)22)11-17(16)24-4/h8-9,11H,5-7,10H2,1-4H3,(H,20,21,23). The molecule has 26 heavy (non-hydrogen) atoms. The molecular formula is C19H24N2O4S. The third-order valence-electron chi connectivity index (χ3n) is 3.85. The lowest BCUT2D eigenvalue weighted by Crippen LogP contribution is -2.12. The predicted octanol–water partition coefficient (Wildman–Crippen LogP) is 4.02. The molecule has 0 aliphatic carbocycles. The largest absolute Gasteiger partial charge is 0.493 e.